The molecule has 2 aromatic rings. The number of likely N-dealkylation sites (tertiary alicyclic amines) is 1. The fraction of sp³-hybridized carbons (Fsp3) is 0.450. The molecular weight excluding hydrogens is 316 g/mol. The highest BCUT2D eigenvalue weighted by molar-refractivity contribution is 7.10. The summed E-state index contributed by atoms with van der Waals surface area (Å²) in [5, 5.41) is 5.29. The molecule has 2 heterocycles. The van der Waals surface area contributed by atoms with Crippen LogP contribution in [0.1, 0.15) is 54.7 Å². The van der Waals surface area contributed by atoms with Gasteiger partial charge in [-0.15, -0.1) is 11.3 Å². The summed E-state index contributed by atoms with van der Waals surface area (Å²) in [6, 6.07) is 10.9. The zero-order valence-corrected chi connectivity index (χ0v) is 15.5. The van der Waals surface area contributed by atoms with Crippen molar-refractivity contribution in [3.63, 3.8) is 0 Å². The van der Waals surface area contributed by atoms with Crippen molar-refractivity contribution in [2.45, 2.75) is 45.6 Å². The summed E-state index contributed by atoms with van der Waals surface area (Å²) in [5.74, 6) is 0.487. The standard InChI is InChI=1S/C20H26N2OS/c1-14(2)16-8-4-7-15(3)20(16)21-19(23)13-22-11-5-9-17(22)18-10-6-12-24-18/h4,6-8,10,12,14,17H,5,9,11,13H2,1-3H3,(H,21,23)/t17-/m1/s1. The van der Waals surface area contributed by atoms with Crippen LogP contribution >= 0.6 is 11.3 Å². The highest BCUT2D eigenvalue weighted by atomic mass is 32.1. The molecule has 1 N–H and O–H groups in total. The van der Waals surface area contributed by atoms with E-state index in [0.29, 0.717) is 18.5 Å². The van der Waals surface area contributed by atoms with Crippen LogP contribution in [0.5, 0.6) is 0 Å². The van der Waals surface area contributed by atoms with E-state index < -0.39 is 0 Å². The van der Waals surface area contributed by atoms with Gasteiger partial charge in [0.1, 0.15) is 0 Å². The molecule has 0 bridgehead atoms. The van der Waals surface area contributed by atoms with Gasteiger partial charge in [-0.05, 0) is 54.8 Å². The van der Waals surface area contributed by atoms with Crippen LogP contribution in [0.25, 0.3) is 0 Å². The number of carbonyl (C=O) groups is 1. The molecule has 1 aliphatic heterocycles. The Kier molecular flexibility index (Phi) is 5.36. The number of hydrogen-bond acceptors (Lipinski definition) is 3. The molecule has 0 spiro atoms. The summed E-state index contributed by atoms with van der Waals surface area (Å²) >= 11 is 1.79. The van der Waals surface area contributed by atoms with Crippen LogP contribution in [0, 0.1) is 6.92 Å². The third-order valence-electron chi connectivity index (χ3n) is 4.77. The number of nitrogens with one attached hydrogen (secondary N) is 1. The van der Waals surface area contributed by atoms with Gasteiger partial charge in [0.05, 0.1) is 6.54 Å². The van der Waals surface area contributed by atoms with Crippen LogP contribution in [-0.2, 0) is 4.79 Å². The maximum absolute atomic E-state index is 12.7. The number of anilines is 1. The summed E-state index contributed by atoms with van der Waals surface area (Å²) in [6.07, 6.45) is 2.31. The van der Waals surface area contributed by atoms with Gasteiger partial charge in [0.25, 0.3) is 0 Å². The van der Waals surface area contributed by atoms with E-state index in [1.165, 1.54) is 10.4 Å². The Labute approximate surface area is 148 Å². The molecule has 1 aliphatic rings. The van der Waals surface area contributed by atoms with Gasteiger partial charge in [-0.2, -0.15) is 0 Å². The van der Waals surface area contributed by atoms with Crippen LogP contribution in [0.2, 0.25) is 0 Å². The van der Waals surface area contributed by atoms with Gasteiger partial charge >= 0.3 is 0 Å². The van der Waals surface area contributed by atoms with E-state index in [1.807, 2.05) is 0 Å². The molecule has 0 unspecified atom stereocenters. The minimum Gasteiger partial charge on any atom is -0.324 e. The highest BCUT2D eigenvalue weighted by Gasteiger charge is 2.28. The lowest BCUT2D eigenvalue weighted by molar-refractivity contribution is -0.117. The van der Waals surface area contributed by atoms with Crippen LogP contribution in [-0.4, -0.2) is 23.9 Å². The molecule has 4 heteroatoms. The molecule has 1 aromatic carbocycles. The number of amides is 1. The van der Waals surface area contributed by atoms with Gasteiger partial charge in [-0.1, -0.05) is 38.1 Å². The predicted octanol–water partition coefficient (Wildman–Crippen LogP) is 4.96. The van der Waals surface area contributed by atoms with E-state index in [0.717, 1.165) is 30.6 Å². The van der Waals surface area contributed by atoms with Crippen LogP contribution in [0.3, 0.4) is 0 Å². The molecule has 3 rings (SSSR count). The fourth-order valence-corrected chi connectivity index (χ4v) is 4.42. The van der Waals surface area contributed by atoms with Crippen LogP contribution in [0.15, 0.2) is 35.7 Å². The third kappa shape index (κ3) is 3.70. The topological polar surface area (TPSA) is 32.3 Å². The summed E-state index contributed by atoms with van der Waals surface area (Å²) < 4.78 is 0. The van der Waals surface area contributed by atoms with Crippen molar-refractivity contribution in [3.05, 3.63) is 51.7 Å². The molecule has 3 nitrogen and oxygen atoms in total. The van der Waals surface area contributed by atoms with E-state index >= 15 is 0 Å². The minimum atomic E-state index is 0.0923. The number of hydrogen-bond donors (Lipinski definition) is 1. The van der Waals surface area contributed by atoms with Crippen molar-refractivity contribution in [1.82, 2.24) is 4.90 Å². The molecule has 1 atom stereocenters. The Balaban J connectivity index is 1.70. The fourth-order valence-electron chi connectivity index (χ4n) is 3.52. The lowest BCUT2D eigenvalue weighted by atomic mass is 9.98. The van der Waals surface area contributed by atoms with Crippen molar-refractivity contribution < 1.29 is 4.79 Å². The smallest absolute Gasteiger partial charge is 0.238 e. The second-order valence-corrected chi connectivity index (χ2v) is 7.87. The van der Waals surface area contributed by atoms with E-state index in [9.17, 15) is 4.79 Å². The van der Waals surface area contributed by atoms with Gasteiger partial charge in [0, 0.05) is 16.6 Å². The monoisotopic (exact) mass is 342 g/mol. The lowest BCUT2D eigenvalue weighted by Gasteiger charge is -2.24. The Hall–Kier alpha value is -1.65. The number of carbonyl (C=O) groups excluding carboxylic acids is 1. The molecule has 128 valence electrons. The van der Waals surface area contributed by atoms with E-state index in [1.54, 1.807) is 11.3 Å². The lowest BCUT2D eigenvalue weighted by Crippen LogP contribution is -2.33. The molecule has 1 saturated heterocycles. The first kappa shape index (κ1) is 17.2. The van der Waals surface area contributed by atoms with Gasteiger partial charge in [-0.3, -0.25) is 9.69 Å². The Morgan fingerprint density at radius 1 is 1.33 bits per heavy atom. The zero-order chi connectivity index (χ0) is 17.1. The van der Waals surface area contributed by atoms with Gasteiger partial charge in [-0.25, -0.2) is 0 Å². The first-order chi connectivity index (χ1) is 11.6. The predicted molar refractivity (Wildman–Crippen MR) is 102 cm³/mol. The zero-order valence-electron chi connectivity index (χ0n) is 14.7. The minimum absolute atomic E-state index is 0.0923. The summed E-state index contributed by atoms with van der Waals surface area (Å²) in [5.41, 5.74) is 3.33. The first-order valence-electron chi connectivity index (χ1n) is 8.73. The molecular formula is C20H26N2OS. The molecule has 1 fully saturated rings. The number of nitrogens with zero attached hydrogens (tertiary/aromatic N) is 1. The van der Waals surface area contributed by atoms with E-state index in [4.69, 9.17) is 0 Å². The molecule has 1 aromatic heterocycles. The first-order valence-corrected chi connectivity index (χ1v) is 9.61. The number of thiophene rings is 1. The largest absolute Gasteiger partial charge is 0.324 e. The molecule has 0 aliphatic carbocycles. The summed E-state index contributed by atoms with van der Waals surface area (Å²) in [7, 11) is 0. The van der Waals surface area contributed by atoms with Crippen molar-refractivity contribution >= 4 is 22.9 Å². The second-order valence-electron chi connectivity index (χ2n) is 6.89. The average Bonchev–Trinajstić information content (AvgIpc) is 3.19. The third-order valence-corrected chi connectivity index (χ3v) is 5.75. The van der Waals surface area contributed by atoms with Gasteiger partial charge in [0.15, 0.2) is 0 Å². The normalized spacial score (nSPS) is 18.2. The summed E-state index contributed by atoms with van der Waals surface area (Å²) in [6.45, 7) is 7.86. The quantitative estimate of drug-likeness (QED) is 0.833. The van der Waals surface area contributed by atoms with Crippen LogP contribution in [0.4, 0.5) is 5.69 Å². The van der Waals surface area contributed by atoms with Crippen molar-refractivity contribution in [2.75, 3.05) is 18.4 Å². The number of benzene rings is 1. The van der Waals surface area contributed by atoms with Crippen molar-refractivity contribution in [2.24, 2.45) is 0 Å². The summed E-state index contributed by atoms with van der Waals surface area (Å²) in [4.78, 5) is 16.3. The highest BCUT2D eigenvalue weighted by Crippen LogP contribution is 2.34. The molecule has 1 amide bonds. The molecule has 0 saturated carbocycles. The second kappa shape index (κ2) is 7.49. The Morgan fingerprint density at radius 3 is 2.88 bits per heavy atom. The SMILES string of the molecule is Cc1cccc(C(C)C)c1NC(=O)CN1CCC[C@@H]1c1cccs1. The maximum atomic E-state index is 12.7. The van der Waals surface area contributed by atoms with E-state index in [2.05, 4.69) is 66.7 Å². The van der Waals surface area contributed by atoms with E-state index in [-0.39, 0.29) is 5.91 Å². The molecule has 24 heavy (non-hydrogen) atoms. The van der Waals surface area contributed by atoms with Crippen LogP contribution < -0.4 is 5.32 Å². The number of rotatable bonds is 5. The van der Waals surface area contributed by atoms with Crippen molar-refractivity contribution in [3.8, 4) is 0 Å². The maximum Gasteiger partial charge on any atom is 0.238 e. The van der Waals surface area contributed by atoms with Gasteiger partial charge in [0.2, 0.25) is 5.91 Å². The number of para-hydroxylation sites is 1. The average molecular weight is 343 g/mol. The van der Waals surface area contributed by atoms with Gasteiger partial charge < -0.3 is 5.32 Å². The Bertz CT molecular complexity index is 694. The molecule has 0 radical (unpaired) electrons. The Morgan fingerprint density at radius 2 is 2.17 bits per heavy atom. The number of aryl methyl sites for hydroxylation is 1. The van der Waals surface area contributed by atoms with Crippen molar-refractivity contribution in [1.29, 1.82) is 0 Å².